The molecule has 5 rings (SSSR count). The van der Waals surface area contributed by atoms with E-state index in [0.717, 1.165) is 65.6 Å². The van der Waals surface area contributed by atoms with Crippen molar-refractivity contribution in [3.8, 4) is 5.75 Å². The van der Waals surface area contributed by atoms with Crippen LogP contribution in [0.5, 0.6) is 5.75 Å². The van der Waals surface area contributed by atoms with E-state index < -0.39 is 17.5 Å². The molecule has 0 radical (unpaired) electrons. The Labute approximate surface area is 193 Å². The monoisotopic (exact) mass is 447 g/mol. The Morgan fingerprint density at radius 2 is 1.91 bits per heavy atom. The van der Waals surface area contributed by atoms with Crippen LogP contribution >= 0.6 is 0 Å². The molecule has 2 aromatic carbocycles. The van der Waals surface area contributed by atoms with Gasteiger partial charge in [0, 0.05) is 11.7 Å². The zero-order valence-electron chi connectivity index (χ0n) is 19.1. The molecular weight excluding hydrogens is 418 g/mol. The van der Waals surface area contributed by atoms with Crippen LogP contribution in [-0.4, -0.2) is 47.3 Å². The van der Waals surface area contributed by atoms with Crippen LogP contribution in [0.1, 0.15) is 51.0 Å². The van der Waals surface area contributed by atoms with Crippen LogP contribution in [-0.2, 0) is 15.1 Å². The Kier molecular flexibility index (Phi) is 5.35. The van der Waals surface area contributed by atoms with Crippen LogP contribution in [0.15, 0.2) is 48.2 Å². The molecule has 0 bridgehead atoms. The van der Waals surface area contributed by atoms with Gasteiger partial charge in [0.2, 0.25) is 5.91 Å². The number of fused-ring (bicyclic) bond motifs is 1. The highest BCUT2D eigenvalue weighted by Gasteiger charge is 2.50. The highest BCUT2D eigenvalue weighted by atomic mass is 16.5. The first kappa shape index (κ1) is 21.5. The molecule has 0 spiro atoms. The smallest absolute Gasteiger partial charge is 0.325 e. The van der Waals surface area contributed by atoms with E-state index in [-0.39, 0.29) is 18.5 Å². The topological polar surface area (TPSA) is 79.0 Å². The Hall–Kier alpha value is -3.35. The number of methoxy groups -OCH3 is 1. The van der Waals surface area contributed by atoms with Crippen LogP contribution in [0.25, 0.3) is 10.8 Å². The van der Waals surface area contributed by atoms with E-state index in [1.165, 1.54) is 0 Å². The molecule has 1 heterocycles. The summed E-state index contributed by atoms with van der Waals surface area (Å²) in [5, 5.41) is 4.75. The van der Waals surface area contributed by atoms with Crippen LogP contribution < -0.4 is 10.1 Å². The first-order valence-corrected chi connectivity index (χ1v) is 11.6. The fraction of sp³-hybridized carbons (Fsp3) is 0.423. The number of ether oxygens (including phenoxy) is 1. The number of amides is 4. The van der Waals surface area contributed by atoms with Gasteiger partial charge in [0.25, 0.3) is 5.91 Å². The van der Waals surface area contributed by atoms with Crippen molar-refractivity contribution in [3.63, 3.8) is 0 Å². The van der Waals surface area contributed by atoms with Gasteiger partial charge in [0.15, 0.2) is 0 Å². The molecular formula is C26H29N3O4. The van der Waals surface area contributed by atoms with Gasteiger partial charge in [-0.2, -0.15) is 0 Å². The van der Waals surface area contributed by atoms with Crippen molar-refractivity contribution in [2.45, 2.75) is 57.0 Å². The van der Waals surface area contributed by atoms with Gasteiger partial charge in [0.05, 0.1) is 7.11 Å². The molecule has 7 heteroatoms. The third-order valence-electron chi connectivity index (χ3n) is 6.95. The van der Waals surface area contributed by atoms with Crippen LogP contribution in [0.3, 0.4) is 0 Å². The zero-order chi connectivity index (χ0) is 23.2. The minimum absolute atomic E-state index is 0.177. The Balaban J connectivity index is 1.38. The fourth-order valence-corrected chi connectivity index (χ4v) is 4.88. The second-order valence-corrected chi connectivity index (χ2v) is 9.31. The van der Waals surface area contributed by atoms with E-state index in [2.05, 4.69) is 11.4 Å². The Morgan fingerprint density at radius 1 is 1.15 bits per heavy atom. The predicted molar refractivity (Wildman–Crippen MR) is 125 cm³/mol. The number of hydrogen-bond acceptors (Lipinski definition) is 4. The molecule has 2 fully saturated rings. The summed E-state index contributed by atoms with van der Waals surface area (Å²) in [6, 6.07) is 11.0. The third-order valence-corrected chi connectivity index (χ3v) is 6.95. The molecule has 0 unspecified atom stereocenters. The number of urea groups is 1. The molecule has 1 saturated heterocycles. The fourth-order valence-electron chi connectivity index (χ4n) is 4.88. The normalized spacial score (nSPS) is 22.8. The number of nitrogens with one attached hydrogen (secondary N) is 1. The first-order valence-electron chi connectivity index (χ1n) is 11.6. The summed E-state index contributed by atoms with van der Waals surface area (Å²) in [5.41, 5.74) is 0.510. The number of hydrogen-bond donors (Lipinski definition) is 1. The third kappa shape index (κ3) is 3.86. The predicted octanol–water partition coefficient (Wildman–Crippen LogP) is 4.06. The maximum absolute atomic E-state index is 13.4. The van der Waals surface area contributed by atoms with Gasteiger partial charge >= 0.3 is 6.03 Å². The number of imide groups is 1. The molecule has 1 atom stereocenters. The van der Waals surface area contributed by atoms with Crippen molar-refractivity contribution in [3.05, 3.63) is 53.7 Å². The van der Waals surface area contributed by atoms with Crippen molar-refractivity contribution < 1.29 is 19.1 Å². The Bertz CT molecular complexity index is 1170. The standard InChI is InChI=1S/C26H29N3O4/c1-26(19-10-8-18-15-22(33-2)13-9-17(18)14-19)24(31)28(25(32)27-26)16-23(30)29(21-11-12-21)20-6-4-3-5-7-20/h6,8-10,13-15,21H,3-5,7,11-12,16H2,1-2H3,(H,27,32)/t26-/m1/s1. The Morgan fingerprint density at radius 3 is 2.61 bits per heavy atom. The van der Waals surface area contributed by atoms with E-state index >= 15 is 0 Å². The summed E-state index contributed by atoms with van der Waals surface area (Å²) in [5.74, 6) is 0.177. The summed E-state index contributed by atoms with van der Waals surface area (Å²) in [4.78, 5) is 42.4. The molecule has 33 heavy (non-hydrogen) atoms. The van der Waals surface area contributed by atoms with E-state index in [4.69, 9.17) is 4.74 Å². The van der Waals surface area contributed by atoms with Crippen molar-refractivity contribution >= 4 is 28.6 Å². The quantitative estimate of drug-likeness (QED) is 0.678. The van der Waals surface area contributed by atoms with Gasteiger partial charge in [-0.15, -0.1) is 0 Å². The summed E-state index contributed by atoms with van der Waals surface area (Å²) in [6.07, 6.45) is 8.14. The average Bonchev–Trinajstić information content (AvgIpc) is 3.63. The zero-order valence-corrected chi connectivity index (χ0v) is 19.1. The van der Waals surface area contributed by atoms with Gasteiger partial charge in [-0.3, -0.25) is 14.5 Å². The van der Waals surface area contributed by atoms with Crippen LogP contribution in [0.4, 0.5) is 4.79 Å². The van der Waals surface area contributed by atoms with E-state index in [1.54, 1.807) is 14.0 Å². The van der Waals surface area contributed by atoms with Gasteiger partial charge in [0.1, 0.15) is 17.8 Å². The molecule has 7 nitrogen and oxygen atoms in total. The number of carbonyl (C=O) groups is 3. The minimum atomic E-state index is -1.22. The first-order chi connectivity index (χ1) is 15.9. The molecule has 0 aromatic heterocycles. The maximum atomic E-state index is 13.4. The van der Waals surface area contributed by atoms with Crippen molar-refractivity contribution in [2.75, 3.05) is 13.7 Å². The average molecular weight is 448 g/mol. The molecule has 1 aliphatic heterocycles. The highest BCUT2D eigenvalue weighted by molar-refractivity contribution is 6.09. The van der Waals surface area contributed by atoms with E-state index in [0.29, 0.717) is 5.56 Å². The molecule has 1 N–H and O–H groups in total. The van der Waals surface area contributed by atoms with Gasteiger partial charge in [-0.1, -0.05) is 24.3 Å². The van der Waals surface area contributed by atoms with Gasteiger partial charge in [-0.05, 0) is 80.0 Å². The summed E-state index contributed by atoms with van der Waals surface area (Å²) >= 11 is 0. The van der Waals surface area contributed by atoms with E-state index in [1.807, 2.05) is 41.3 Å². The van der Waals surface area contributed by atoms with Crippen molar-refractivity contribution in [1.82, 2.24) is 15.1 Å². The molecule has 1 saturated carbocycles. The number of allylic oxidation sites excluding steroid dienone is 2. The SMILES string of the molecule is COc1ccc2cc([C@@]3(C)NC(=O)N(CC(=O)N(C4=CCCCC4)C4CC4)C3=O)ccc2c1. The lowest BCUT2D eigenvalue weighted by molar-refractivity contribution is -0.138. The summed E-state index contributed by atoms with van der Waals surface area (Å²) in [7, 11) is 1.62. The molecule has 4 amide bonds. The number of carbonyl (C=O) groups excluding carboxylic acids is 3. The number of nitrogens with zero attached hydrogens (tertiary/aromatic N) is 2. The van der Waals surface area contributed by atoms with E-state index in [9.17, 15) is 14.4 Å². The van der Waals surface area contributed by atoms with Crippen LogP contribution in [0, 0.1) is 0 Å². The summed E-state index contributed by atoms with van der Waals surface area (Å²) in [6.45, 7) is 1.46. The van der Waals surface area contributed by atoms with Gasteiger partial charge in [-0.25, -0.2) is 4.79 Å². The van der Waals surface area contributed by atoms with Gasteiger partial charge < -0.3 is 15.0 Å². The number of benzene rings is 2. The van der Waals surface area contributed by atoms with Crippen molar-refractivity contribution in [2.24, 2.45) is 0 Å². The lowest BCUT2D eigenvalue weighted by atomic mass is 9.90. The number of rotatable bonds is 6. The highest BCUT2D eigenvalue weighted by Crippen LogP contribution is 2.35. The lowest BCUT2D eigenvalue weighted by Gasteiger charge is -2.29. The molecule has 2 aromatic rings. The largest absolute Gasteiger partial charge is 0.497 e. The summed E-state index contributed by atoms with van der Waals surface area (Å²) < 4.78 is 5.28. The lowest BCUT2D eigenvalue weighted by Crippen LogP contribution is -2.45. The van der Waals surface area contributed by atoms with Crippen molar-refractivity contribution in [1.29, 1.82) is 0 Å². The molecule has 2 aliphatic carbocycles. The molecule has 172 valence electrons. The molecule has 3 aliphatic rings. The minimum Gasteiger partial charge on any atom is -0.497 e. The second-order valence-electron chi connectivity index (χ2n) is 9.31. The maximum Gasteiger partial charge on any atom is 0.325 e. The van der Waals surface area contributed by atoms with Crippen LogP contribution in [0.2, 0.25) is 0 Å². The second kappa shape index (κ2) is 8.21.